The maximum atomic E-state index is 13.1. The Labute approximate surface area is 183 Å². The highest BCUT2D eigenvalue weighted by Crippen LogP contribution is 2.22. The Kier molecular flexibility index (Phi) is 7.04. The third-order valence-electron chi connectivity index (χ3n) is 6.23. The van der Waals surface area contributed by atoms with Gasteiger partial charge in [-0.2, -0.15) is 0 Å². The second kappa shape index (κ2) is 10.1. The molecule has 2 aromatic rings. The molecule has 7 nitrogen and oxygen atoms in total. The minimum Gasteiger partial charge on any atom is -0.459 e. The lowest BCUT2D eigenvalue weighted by atomic mass is 9.94. The van der Waals surface area contributed by atoms with E-state index >= 15 is 0 Å². The lowest BCUT2D eigenvalue weighted by molar-refractivity contribution is -0.127. The number of rotatable bonds is 6. The van der Waals surface area contributed by atoms with Crippen LogP contribution in [-0.2, 0) is 9.53 Å². The van der Waals surface area contributed by atoms with Crippen LogP contribution in [0, 0.1) is 12.8 Å². The van der Waals surface area contributed by atoms with E-state index in [1.54, 1.807) is 17.0 Å². The molecule has 0 bridgehead atoms. The van der Waals surface area contributed by atoms with E-state index in [1.165, 1.54) is 11.8 Å². The van der Waals surface area contributed by atoms with Gasteiger partial charge in [-0.25, -0.2) is 0 Å². The van der Waals surface area contributed by atoms with E-state index in [1.807, 2.05) is 0 Å². The number of likely N-dealkylation sites (tertiary alicyclic amines) is 1. The number of furan rings is 1. The largest absolute Gasteiger partial charge is 0.459 e. The third kappa shape index (κ3) is 5.54. The highest BCUT2D eigenvalue weighted by Gasteiger charge is 2.30. The number of hydrogen-bond donors (Lipinski definition) is 1. The molecule has 1 aromatic carbocycles. The zero-order valence-corrected chi connectivity index (χ0v) is 18.1. The number of piperidine rings is 1. The van der Waals surface area contributed by atoms with Crippen molar-refractivity contribution in [2.45, 2.75) is 25.8 Å². The summed E-state index contributed by atoms with van der Waals surface area (Å²) in [5.41, 5.74) is 2.32. The van der Waals surface area contributed by atoms with Crippen LogP contribution < -0.4 is 5.32 Å². The van der Waals surface area contributed by atoms with Crippen LogP contribution in [0.1, 0.15) is 40.6 Å². The van der Waals surface area contributed by atoms with E-state index in [4.69, 9.17) is 9.15 Å². The first-order valence-electron chi connectivity index (χ1n) is 11.1. The molecule has 2 aliphatic rings. The third-order valence-corrected chi connectivity index (χ3v) is 6.23. The van der Waals surface area contributed by atoms with Gasteiger partial charge in [0.1, 0.15) is 0 Å². The molecule has 2 aliphatic heterocycles. The number of carbonyl (C=O) groups excluding carboxylic acids is 2. The lowest BCUT2D eigenvalue weighted by Gasteiger charge is -2.34. The van der Waals surface area contributed by atoms with Gasteiger partial charge in [-0.3, -0.25) is 14.5 Å². The molecule has 31 heavy (non-hydrogen) atoms. The maximum absolute atomic E-state index is 13.1. The molecule has 0 saturated carbocycles. The van der Waals surface area contributed by atoms with E-state index < -0.39 is 0 Å². The molecule has 1 N–H and O–H groups in total. The van der Waals surface area contributed by atoms with E-state index in [0.29, 0.717) is 31.7 Å². The summed E-state index contributed by atoms with van der Waals surface area (Å²) in [5.74, 6) is 0.240. The molecule has 1 aromatic heterocycles. The van der Waals surface area contributed by atoms with Crippen LogP contribution in [0.15, 0.2) is 47.1 Å². The second-order valence-electron chi connectivity index (χ2n) is 8.43. The Morgan fingerprint density at radius 1 is 1.06 bits per heavy atom. The monoisotopic (exact) mass is 425 g/mol. The first-order valence-corrected chi connectivity index (χ1v) is 11.1. The number of hydrogen-bond acceptors (Lipinski definition) is 5. The van der Waals surface area contributed by atoms with Gasteiger partial charge in [0.15, 0.2) is 5.76 Å². The van der Waals surface area contributed by atoms with Crippen molar-refractivity contribution in [2.75, 3.05) is 45.9 Å². The van der Waals surface area contributed by atoms with Crippen LogP contribution in [-0.4, -0.2) is 67.6 Å². The summed E-state index contributed by atoms with van der Waals surface area (Å²) < 4.78 is 10.7. The summed E-state index contributed by atoms with van der Waals surface area (Å²) in [5, 5.41) is 3.30. The first-order chi connectivity index (χ1) is 15.1. The van der Waals surface area contributed by atoms with Gasteiger partial charge in [-0.1, -0.05) is 29.8 Å². The lowest BCUT2D eigenvalue weighted by Crippen LogP contribution is -2.46. The van der Waals surface area contributed by atoms with Crippen LogP contribution in [0.3, 0.4) is 0 Å². The Bertz CT molecular complexity index is 851. The Balaban J connectivity index is 1.36. The smallest absolute Gasteiger partial charge is 0.289 e. The summed E-state index contributed by atoms with van der Waals surface area (Å²) >= 11 is 0. The van der Waals surface area contributed by atoms with Crippen molar-refractivity contribution in [1.82, 2.24) is 15.1 Å². The fourth-order valence-corrected chi connectivity index (χ4v) is 4.27. The summed E-state index contributed by atoms with van der Waals surface area (Å²) in [6.45, 7) is 7.20. The van der Waals surface area contributed by atoms with Gasteiger partial charge in [0, 0.05) is 38.6 Å². The SMILES string of the molecule is Cc1ccc([C@H](CN2CCOCC2)NC(=O)C2CCN(C(=O)c3ccco3)CC2)cc1. The molecule has 3 heterocycles. The quantitative estimate of drug-likeness (QED) is 0.770. The number of nitrogens with zero attached hydrogens (tertiary/aromatic N) is 2. The molecule has 4 rings (SSSR count). The van der Waals surface area contributed by atoms with E-state index in [2.05, 4.69) is 41.4 Å². The molecule has 0 aliphatic carbocycles. The summed E-state index contributed by atoms with van der Waals surface area (Å²) in [6.07, 6.45) is 2.83. The predicted molar refractivity (Wildman–Crippen MR) is 117 cm³/mol. The van der Waals surface area contributed by atoms with Gasteiger partial charge >= 0.3 is 0 Å². The summed E-state index contributed by atoms with van der Waals surface area (Å²) in [6, 6.07) is 11.7. The highest BCUT2D eigenvalue weighted by atomic mass is 16.5. The van der Waals surface area contributed by atoms with E-state index in [9.17, 15) is 9.59 Å². The second-order valence-corrected chi connectivity index (χ2v) is 8.43. The normalized spacial score (nSPS) is 19.2. The molecule has 166 valence electrons. The molecule has 2 fully saturated rings. The minimum atomic E-state index is -0.103. The van der Waals surface area contributed by atoms with Gasteiger partial charge < -0.3 is 19.4 Å². The number of benzene rings is 1. The standard InChI is InChI=1S/C24H31N3O4/c1-18-4-6-19(7-5-18)21(17-26-12-15-30-16-13-26)25-23(28)20-8-10-27(11-9-20)24(29)22-3-2-14-31-22/h2-7,14,20-21H,8-13,15-17H2,1H3,(H,25,28)/t21-/m0/s1. The van der Waals surface area contributed by atoms with Gasteiger partial charge in [-0.05, 0) is 37.5 Å². The molecule has 2 saturated heterocycles. The Morgan fingerprint density at radius 3 is 2.42 bits per heavy atom. The Hall–Kier alpha value is -2.64. The number of carbonyl (C=O) groups is 2. The van der Waals surface area contributed by atoms with Crippen molar-refractivity contribution in [2.24, 2.45) is 5.92 Å². The molecule has 1 atom stereocenters. The van der Waals surface area contributed by atoms with Gasteiger partial charge in [0.2, 0.25) is 5.91 Å². The minimum absolute atomic E-state index is 0.0611. The van der Waals surface area contributed by atoms with Gasteiger partial charge in [-0.15, -0.1) is 0 Å². The zero-order chi connectivity index (χ0) is 21.6. The molecule has 7 heteroatoms. The number of nitrogens with one attached hydrogen (secondary N) is 1. The van der Waals surface area contributed by atoms with Crippen molar-refractivity contribution in [1.29, 1.82) is 0 Å². The van der Waals surface area contributed by atoms with Crippen molar-refractivity contribution < 1.29 is 18.7 Å². The molecule has 0 radical (unpaired) electrons. The fraction of sp³-hybridized carbons (Fsp3) is 0.500. The molecule has 0 unspecified atom stereocenters. The van der Waals surface area contributed by atoms with E-state index in [0.717, 1.165) is 38.4 Å². The summed E-state index contributed by atoms with van der Waals surface area (Å²) in [7, 11) is 0. The number of morpholine rings is 1. The van der Waals surface area contributed by atoms with E-state index in [-0.39, 0.29) is 23.8 Å². The highest BCUT2D eigenvalue weighted by molar-refractivity contribution is 5.91. The zero-order valence-electron chi connectivity index (χ0n) is 18.1. The van der Waals surface area contributed by atoms with Crippen LogP contribution in [0.4, 0.5) is 0 Å². The average molecular weight is 426 g/mol. The Morgan fingerprint density at radius 2 is 1.77 bits per heavy atom. The molecular formula is C24H31N3O4. The van der Waals surface area contributed by atoms with Crippen molar-refractivity contribution >= 4 is 11.8 Å². The molecule has 0 spiro atoms. The van der Waals surface area contributed by atoms with Crippen LogP contribution in [0.25, 0.3) is 0 Å². The number of ether oxygens (including phenoxy) is 1. The van der Waals surface area contributed by atoms with Gasteiger partial charge in [0.25, 0.3) is 5.91 Å². The van der Waals surface area contributed by atoms with Gasteiger partial charge in [0.05, 0.1) is 25.5 Å². The average Bonchev–Trinajstić information content (AvgIpc) is 3.34. The van der Waals surface area contributed by atoms with Crippen molar-refractivity contribution in [3.05, 3.63) is 59.5 Å². The van der Waals surface area contributed by atoms with Crippen LogP contribution in [0.2, 0.25) is 0 Å². The molecular weight excluding hydrogens is 394 g/mol. The fourth-order valence-electron chi connectivity index (χ4n) is 4.27. The number of amides is 2. The molecule has 2 amide bonds. The van der Waals surface area contributed by atoms with Crippen molar-refractivity contribution in [3.63, 3.8) is 0 Å². The van der Waals surface area contributed by atoms with Crippen LogP contribution >= 0.6 is 0 Å². The number of aryl methyl sites for hydroxylation is 1. The summed E-state index contributed by atoms with van der Waals surface area (Å²) in [4.78, 5) is 29.7. The predicted octanol–water partition coefficient (Wildman–Crippen LogP) is 2.63. The topological polar surface area (TPSA) is 75.0 Å². The van der Waals surface area contributed by atoms with Crippen LogP contribution in [0.5, 0.6) is 0 Å². The maximum Gasteiger partial charge on any atom is 0.289 e. The van der Waals surface area contributed by atoms with Crippen molar-refractivity contribution in [3.8, 4) is 0 Å². The first kappa shape index (κ1) is 21.6.